The highest BCUT2D eigenvalue weighted by atomic mass is 32.2. The molecule has 1 atom stereocenters. The molecule has 1 saturated carbocycles. The number of aryl methyl sites for hydroxylation is 3. The van der Waals surface area contributed by atoms with Gasteiger partial charge in [-0.05, 0) is 68.4 Å². The summed E-state index contributed by atoms with van der Waals surface area (Å²) in [5.74, 6) is -0.581. The Bertz CT molecular complexity index is 1190. The molecule has 8 heteroatoms. The zero-order valence-electron chi connectivity index (χ0n) is 22.1. The van der Waals surface area contributed by atoms with E-state index in [1.165, 1.54) is 0 Å². The SMILES string of the molecule is CCC(C(=O)NC1CCCC1)N(Cc1ccccc1C)C(=O)CN(c1cc(C)ccc1C)S(C)(=O)=O. The number of nitrogens with zero attached hydrogens (tertiary/aromatic N) is 2. The molecule has 0 aromatic heterocycles. The molecule has 2 aromatic carbocycles. The number of anilines is 1. The third-order valence-electron chi connectivity index (χ3n) is 7.00. The highest BCUT2D eigenvalue weighted by Gasteiger charge is 2.33. The minimum atomic E-state index is -3.75. The zero-order chi connectivity index (χ0) is 26.5. The fraction of sp³-hybridized carbons (Fsp3) is 0.500. The molecule has 1 aliphatic carbocycles. The number of rotatable bonds is 10. The first-order chi connectivity index (χ1) is 17.0. The van der Waals surface area contributed by atoms with Crippen molar-refractivity contribution in [1.29, 1.82) is 0 Å². The van der Waals surface area contributed by atoms with Gasteiger partial charge in [-0.2, -0.15) is 0 Å². The number of hydrogen-bond donors (Lipinski definition) is 1. The fourth-order valence-electron chi connectivity index (χ4n) is 4.84. The molecule has 0 aliphatic heterocycles. The second kappa shape index (κ2) is 11.9. The van der Waals surface area contributed by atoms with E-state index in [-0.39, 0.29) is 25.0 Å². The van der Waals surface area contributed by atoms with Crippen LogP contribution in [0.15, 0.2) is 42.5 Å². The second-order valence-corrected chi connectivity index (χ2v) is 11.8. The van der Waals surface area contributed by atoms with Crippen molar-refractivity contribution >= 4 is 27.5 Å². The Labute approximate surface area is 215 Å². The zero-order valence-corrected chi connectivity index (χ0v) is 22.9. The summed E-state index contributed by atoms with van der Waals surface area (Å²) >= 11 is 0. The van der Waals surface area contributed by atoms with Gasteiger partial charge in [0.1, 0.15) is 12.6 Å². The molecule has 36 heavy (non-hydrogen) atoms. The van der Waals surface area contributed by atoms with Crippen molar-refractivity contribution in [3.8, 4) is 0 Å². The first-order valence-electron chi connectivity index (χ1n) is 12.7. The fourth-order valence-corrected chi connectivity index (χ4v) is 5.74. The maximum atomic E-state index is 13.9. The maximum absolute atomic E-state index is 13.9. The van der Waals surface area contributed by atoms with E-state index in [9.17, 15) is 18.0 Å². The molecular weight excluding hydrogens is 474 g/mol. The summed E-state index contributed by atoms with van der Waals surface area (Å²) in [6.45, 7) is 7.42. The van der Waals surface area contributed by atoms with E-state index in [1.807, 2.05) is 64.1 Å². The predicted molar refractivity (Wildman–Crippen MR) is 144 cm³/mol. The van der Waals surface area contributed by atoms with Crippen LogP contribution in [0.3, 0.4) is 0 Å². The molecule has 196 valence electrons. The van der Waals surface area contributed by atoms with Crippen LogP contribution in [0.5, 0.6) is 0 Å². The number of nitrogens with one attached hydrogen (secondary N) is 1. The Kier molecular flexibility index (Phi) is 9.17. The Balaban J connectivity index is 1.96. The van der Waals surface area contributed by atoms with E-state index in [1.54, 1.807) is 11.0 Å². The lowest BCUT2D eigenvalue weighted by atomic mass is 10.1. The van der Waals surface area contributed by atoms with E-state index < -0.39 is 22.0 Å². The Morgan fingerprint density at radius 2 is 1.69 bits per heavy atom. The molecule has 1 aliphatic rings. The third-order valence-corrected chi connectivity index (χ3v) is 8.13. The number of hydrogen-bond acceptors (Lipinski definition) is 4. The maximum Gasteiger partial charge on any atom is 0.244 e. The molecule has 1 N–H and O–H groups in total. The number of carbonyl (C=O) groups excluding carboxylic acids is 2. The first-order valence-corrected chi connectivity index (χ1v) is 14.6. The third kappa shape index (κ3) is 6.87. The van der Waals surface area contributed by atoms with Crippen LogP contribution < -0.4 is 9.62 Å². The van der Waals surface area contributed by atoms with Crippen LogP contribution in [0.1, 0.15) is 61.3 Å². The smallest absolute Gasteiger partial charge is 0.244 e. The van der Waals surface area contributed by atoms with Gasteiger partial charge in [-0.3, -0.25) is 13.9 Å². The van der Waals surface area contributed by atoms with Crippen molar-refractivity contribution in [2.24, 2.45) is 0 Å². The summed E-state index contributed by atoms with van der Waals surface area (Å²) in [5.41, 5.74) is 4.07. The topological polar surface area (TPSA) is 86.8 Å². The summed E-state index contributed by atoms with van der Waals surface area (Å²) in [4.78, 5) is 28.8. The summed E-state index contributed by atoms with van der Waals surface area (Å²) < 4.78 is 26.8. The van der Waals surface area contributed by atoms with E-state index in [0.717, 1.165) is 58.5 Å². The molecule has 0 bridgehead atoms. The summed E-state index contributed by atoms with van der Waals surface area (Å²) in [6, 6.07) is 12.7. The van der Waals surface area contributed by atoms with Gasteiger partial charge in [-0.25, -0.2) is 8.42 Å². The molecule has 0 heterocycles. The summed E-state index contributed by atoms with van der Waals surface area (Å²) in [6.07, 6.45) is 5.61. The second-order valence-electron chi connectivity index (χ2n) is 9.92. The lowest BCUT2D eigenvalue weighted by Gasteiger charge is -2.34. The van der Waals surface area contributed by atoms with Crippen molar-refractivity contribution in [3.05, 3.63) is 64.7 Å². The van der Waals surface area contributed by atoms with Crippen LogP contribution in [0.2, 0.25) is 0 Å². The molecule has 0 radical (unpaired) electrons. The lowest BCUT2D eigenvalue weighted by Crippen LogP contribution is -2.53. The van der Waals surface area contributed by atoms with Gasteiger partial charge in [-0.15, -0.1) is 0 Å². The van der Waals surface area contributed by atoms with Crippen molar-refractivity contribution in [2.75, 3.05) is 17.1 Å². The van der Waals surface area contributed by atoms with Crippen LogP contribution in [0.25, 0.3) is 0 Å². The van der Waals surface area contributed by atoms with Gasteiger partial charge in [0.05, 0.1) is 11.9 Å². The molecule has 0 saturated heterocycles. The van der Waals surface area contributed by atoms with Crippen LogP contribution >= 0.6 is 0 Å². The monoisotopic (exact) mass is 513 g/mol. The Morgan fingerprint density at radius 1 is 1.03 bits per heavy atom. The number of carbonyl (C=O) groups is 2. The normalized spacial score (nSPS) is 14.9. The predicted octanol–water partition coefficient (Wildman–Crippen LogP) is 4.24. The van der Waals surface area contributed by atoms with E-state index in [4.69, 9.17) is 0 Å². The van der Waals surface area contributed by atoms with Gasteiger partial charge >= 0.3 is 0 Å². The number of benzene rings is 2. The van der Waals surface area contributed by atoms with Gasteiger partial charge in [0, 0.05) is 12.6 Å². The largest absolute Gasteiger partial charge is 0.352 e. The van der Waals surface area contributed by atoms with E-state index in [0.29, 0.717) is 12.1 Å². The van der Waals surface area contributed by atoms with E-state index in [2.05, 4.69) is 5.32 Å². The van der Waals surface area contributed by atoms with Crippen LogP contribution in [0.4, 0.5) is 5.69 Å². The average molecular weight is 514 g/mol. The van der Waals surface area contributed by atoms with Crippen LogP contribution in [-0.4, -0.2) is 50.0 Å². The number of amides is 2. The van der Waals surface area contributed by atoms with Crippen molar-refractivity contribution in [3.63, 3.8) is 0 Å². The molecule has 3 rings (SSSR count). The molecule has 0 spiro atoms. The first kappa shape index (κ1) is 27.7. The standard InChI is InChI=1S/C28H39N3O4S/c1-6-25(28(33)29-24-13-9-10-14-24)30(18-23-12-8-7-11-21(23)3)27(32)19-31(36(5,34)35)26-17-20(2)15-16-22(26)4/h7-8,11-12,15-17,24-25H,6,9-10,13-14,18-19H2,1-5H3,(H,29,33). The molecular formula is C28H39N3O4S. The highest BCUT2D eigenvalue weighted by Crippen LogP contribution is 2.25. The molecule has 2 amide bonds. The van der Waals surface area contributed by atoms with Gasteiger partial charge in [0.15, 0.2) is 0 Å². The van der Waals surface area contributed by atoms with Crippen molar-refractivity contribution in [1.82, 2.24) is 10.2 Å². The minimum Gasteiger partial charge on any atom is -0.352 e. The van der Waals surface area contributed by atoms with Crippen LogP contribution in [0, 0.1) is 20.8 Å². The van der Waals surface area contributed by atoms with Crippen molar-refractivity contribution < 1.29 is 18.0 Å². The average Bonchev–Trinajstić information content (AvgIpc) is 3.32. The molecule has 1 unspecified atom stereocenters. The van der Waals surface area contributed by atoms with Gasteiger partial charge in [-0.1, -0.05) is 56.2 Å². The number of sulfonamides is 1. The van der Waals surface area contributed by atoms with Gasteiger partial charge in [0.2, 0.25) is 21.8 Å². The Morgan fingerprint density at radius 3 is 2.31 bits per heavy atom. The molecule has 2 aromatic rings. The Hall–Kier alpha value is -2.87. The quantitative estimate of drug-likeness (QED) is 0.515. The summed E-state index contributed by atoms with van der Waals surface area (Å²) in [7, 11) is -3.75. The van der Waals surface area contributed by atoms with Crippen molar-refractivity contribution in [2.45, 2.75) is 78.4 Å². The lowest BCUT2D eigenvalue weighted by molar-refractivity contribution is -0.140. The minimum absolute atomic E-state index is 0.129. The van der Waals surface area contributed by atoms with E-state index >= 15 is 0 Å². The van der Waals surface area contributed by atoms with Gasteiger partial charge in [0.25, 0.3) is 0 Å². The molecule has 1 fully saturated rings. The molecule has 7 nitrogen and oxygen atoms in total. The van der Waals surface area contributed by atoms with Crippen LogP contribution in [-0.2, 0) is 26.2 Å². The summed E-state index contributed by atoms with van der Waals surface area (Å²) in [5, 5.41) is 3.13. The van der Waals surface area contributed by atoms with Gasteiger partial charge < -0.3 is 10.2 Å². The highest BCUT2D eigenvalue weighted by molar-refractivity contribution is 7.92.